The highest BCUT2D eigenvalue weighted by atomic mass is 35.5. The summed E-state index contributed by atoms with van der Waals surface area (Å²) < 4.78 is 1.57. The van der Waals surface area contributed by atoms with E-state index < -0.39 is 6.04 Å². The third-order valence-electron chi connectivity index (χ3n) is 2.26. The number of hydrogen-bond acceptors (Lipinski definition) is 4. The topological polar surface area (TPSA) is 77.0 Å². The van der Waals surface area contributed by atoms with E-state index >= 15 is 0 Å². The average molecular weight is 239 g/mol. The Morgan fingerprint density at radius 1 is 1.50 bits per heavy atom. The fraction of sp³-hybridized carbons (Fsp3) is 0.200. The van der Waals surface area contributed by atoms with E-state index in [9.17, 15) is 0 Å². The van der Waals surface area contributed by atoms with Crippen LogP contribution in [0.3, 0.4) is 0 Å². The van der Waals surface area contributed by atoms with Gasteiger partial charge >= 0.3 is 0 Å². The van der Waals surface area contributed by atoms with Gasteiger partial charge in [0.25, 0.3) is 0 Å². The van der Waals surface area contributed by atoms with Crippen LogP contribution in [-0.2, 0) is 0 Å². The molecule has 3 N–H and O–H groups in total. The van der Waals surface area contributed by atoms with Crippen LogP contribution >= 0.6 is 11.6 Å². The summed E-state index contributed by atoms with van der Waals surface area (Å²) in [4.78, 5) is 3.84. The summed E-state index contributed by atoms with van der Waals surface area (Å²) in [6, 6.07) is 4.91. The first-order valence-corrected chi connectivity index (χ1v) is 5.11. The number of aromatic nitrogens is 3. The lowest BCUT2D eigenvalue weighted by atomic mass is 10.1. The Labute approximate surface area is 97.5 Å². The Kier molecular flexibility index (Phi) is 3.19. The van der Waals surface area contributed by atoms with Gasteiger partial charge in [0.15, 0.2) is 0 Å². The standard InChI is InChI=1S/C10H11ClN4O/c11-8-3-7(9(12)4-16)1-2-10(8)15-6-13-5-14-15/h1-3,5-6,9,16H,4,12H2. The van der Waals surface area contributed by atoms with Crippen molar-refractivity contribution in [3.63, 3.8) is 0 Å². The molecule has 1 aromatic carbocycles. The highest BCUT2D eigenvalue weighted by Crippen LogP contribution is 2.23. The molecule has 16 heavy (non-hydrogen) atoms. The normalized spacial score (nSPS) is 12.7. The van der Waals surface area contributed by atoms with Gasteiger partial charge in [0.1, 0.15) is 12.7 Å². The van der Waals surface area contributed by atoms with Crippen LogP contribution in [0.1, 0.15) is 11.6 Å². The molecule has 0 bridgehead atoms. The maximum Gasteiger partial charge on any atom is 0.138 e. The number of aliphatic hydroxyl groups excluding tert-OH is 1. The monoisotopic (exact) mass is 238 g/mol. The van der Waals surface area contributed by atoms with Crippen LogP contribution in [0.2, 0.25) is 5.02 Å². The van der Waals surface area contributed by atoms with E-state index in [1.54, 1.807) is 23.1 Å². The summed E-state index contributed by atoms with van der Waals surface area (Å²) in [5, 5.41) is 13.4. The van der Waals surface area contributed by atoms with Crippen LogP contribution in [-0.4, -0.2) is 26.5 Å². The predicted octanol–water partition coefficient (Wildman–Crippen LogP) is 0.913. The molecule has 0 spiro atoms. The Bertz CT molecular complexity index is 472. The molecule has 0 saturated carbocycles. The molecule has 5 nitrogen and oxygen atoms in total. The van der Waals surface area contributed by atoms with Crippen LogP contribution in [0.5, 0.6) is 0 Å². The van der Waals surface area contributed by atoms with Gasteiger partial charge in [-0.2, -0.15) is 5.10 Å². The van der Waals surface area contributed by atoms with Crippen LogP contribution in [0, 0.1) is 0 Å². The first kappa shape index (κ1) is 11.1. The summed E-state index contributed by atoms with van der Waals surface area (Å²) in [7, 11) is 0. The van der Waals surface area contributed by atoms with Gasteiger partial charge < -0.3 is 10.8 Å². The zero-order chi connectivity index (χ0) is 11.5. The van der Waals surface area contributed by atoms with Crippen molar-refractivity contribution in [3.8, 4) is 5.69 Å². The molecule has 6 heteroatoms. The van der Waals surface area contributed by atoms with Crippen LogP contribution in [0.25, 0.3) is 5.69 Å². The SMILES string of the molecule is NC(CO)c1ccc(-n2cncn2)c(Cl)c1. The highest BCUT2D eigenvalue weighted by molar-refractivity contribution is 6.32. The molecule has 1 aromatic heterocycles. The highest BCUT2D eigenvalue weighted by Gasteiger charge is 2.09. The van der Waals surface area contributed by atoms with Crippen LogP contribution < -0.4 is 5.73 Å². The van der Waals surface area contributed by atoms with Gasteiger partial charge in [-0.1, -0.05) is 17.7 Å². The number of halogens is 1. The van der Waals surface area contributed by atoms with Gasteiger partial charge in [0, 0.05) is 0 Å². The zero-order valence-corrected chi connectivity index (χ0v) is 9.17. The third kappa shape index (κ3) is 2.06. The maximum absolute atomic E-state index is 8.94. The Hall–Kier alpha value is -1.43. The first-order chi connectivity index (χ1) is 7.72. The molecule has 0 aliphatic carbocycles. The number of aliphatic hydroxyl groups is 1. The maximum atomic E-state index is 8.94. The van der Waals surface area contributed by atoms with E-state index in [2.05, 4.69) is 10.1 Å². The van der Waals surface area contributed by atoms with E-state index in [0.717, 1.165) is 11.3 Å². The molecule has 0 aliphatic rings. The zero-order valence-electron chi connectivity index (χ0n) is 8.42. The minimum Gasteiger partial charge on any atom is -0.394 e. The van der Waals surface area contributed by atoms with Crippen LogP contribution in [0.15, 0.2) is 30.9 Å². The molecule has 84 valence electrons. The Morgan fingerprint density at radius 2 is 2.31 bits per heavy atom. The summed E-state index contributed by atoms with van der Waals surface area (Å²) in [6.07, 6.45) is 3.00. The number of nitrogens with zero attached hydrogens (tertiary/aromatic N) is 3. The Morgan fingerprint density at radius 3 is 2.88 bits per heavy atom. The number of rotatable bonds is 3. The van der Waals surface area contributed by atoms with E-state index in [1.807, 2.05) is 6.07 Å². The largest absolute Gasteiger partial charge is 0.394 e. The van der Waals surface area contributed by atoms with Crippen molar-refractivity contribution in [2.24, 2.45) is 5.73 Å². The fourth-order valence-electron chi connectivity index (χ4n) is 1.38. The lowest BCUT2D eigenvalue weighted by molar-refractivity contribution is 0.268. The van der Waals surface area contributed by atoms with E-state index in [4.69, 9.17) is 22.4 Å². The predicted molar refractivity (Wildman–Crippen MR) is 60.4 cm³/mol. The number of nitrogens with two attached hydrogens (primary N) is 1. The second kappa shape index (κ2) is 4.61. The molecule has 0 radical (unpaired) electrons. The van der Waals surface area contributed by atoms with Gasteiger partial charge in [-0.25, -0.2) is 9.67 Å². The van der Waals surface area contributed by atoms with Crippen molar-refractivity contribution in [2.45, 2.75) is 6.04 Å². The van der Waals surface area contributed by atoms with Gasteiger partial charge in [-0.15, -0.1) is 0 Å². The van der Waals surface area contributed by atoms with Crippen molar-refractivity contribution >= 4 is 11.6 Å². The summed E-state index contributed by atoms with van der Waals surface area (Å²) in [5.41, 5.74) is 7.21. The molecule has 0 aliphatic heterocycles. The summed E-state index contributed by atoms with van der Waals surface area (Å²) >= 11 is 6.10. The molecule has 0 saturated heterocycles. The lowest BCUT2D eigenvalue weighted by Crippen LogP contribution is -2.14. The molecule has 1 unspecified atom stereocenters. The molecule has 2 rings (SSSR count). The van der Waals surface area contributed by atoms with Gasteiger partial charge in [0.2, 0.25) is 0 Å². The summed E-state index contributed by atoms with van der Waals surface area (Å²) in [5.74, 6) is 0. The molecule has 2 aromatic rings. The molecule has 0 fully saturated rings. The third-order valence-corrected chi connectivity index (χ3v) is 2.56. The van der Waals surface area contributed by atoms with E-state index in [-0.39, 0.29) is 6.61 Å². The Balaban J connectivity index is 2.37. The van der Waals surface area contributed by atoms with Gasteiger partial charge in [-0.3, -0.25) is 0 Å². The number of hydrogen-bond donors (Lipinski definition) is 2. The van der Waals surface area contributed by atoms with E-state index in [0.29, 0.717) is 5.02 Å². The van der Waals surface area contributed by atoms with Crippen molar-refractivity contribution < 1.29 is 5.11 Å². The van der Waals surface area contributed by atoms with Crippen molar-refractivity contribution in [1.29, 1.82) is 0 Å². The quantitative estimate of drug-likeness (QED) is 0.834. The van der Waals surface area contributed by atoms with Crippen molar-refractivity contribution in [3.05, 3.63) is 41.4 Å². The molecular weight excluding hydrogens is 228 g/mol. The van der Waals surface area contributed by atoms with Crippen molar-refractivity contribution in [2.75, 3.05) is 6.61 Å². The van der Waals surface area contributed by atoms with Gasteiger partial charge in [-0.05, 0) is 17.7 Å². The molecule has 1 atom stereocenters. The minimum absolute atomic E-state index is 0.112. The number of benzene rings is 1. The lowest BCUT2D eigenvalue weighted by Gasteiger charge is -2.10. The first-order valence-electron chi connectivity index (χ1n) is 4.73. The van der Waals surface area contributed by atoms with Gasteiger partial charge in [0.05, 0.1) is 23.4 Å². The van der Waals surface area contributed by atoms with Crippen LogP contribution in [0.4, 0.5) is 0 Å². The smallest absolute Gasteiger partial charge is 0.138 e. The molecule has 0 amide bonds. The molecule has 1 heterocycles. The minimum atomic E-state index is -0.415. The second-order valence-corrected chi connectivity index (χ2v) is 3.75. The second-order valence-electron chi connectivity index (χ2n) is 3.34. The van der Waals surface area contributed by atoms with E-state index in [1.165, 1.54) is 6.33 Å². The van der Waals surface area contributed by atoms with Crippen molar-refractivity contribution in [1.82, 2.24) is 14.8 Å². The average Bonchev–Trinajstić information content (AvgIpc) is 2.81. The molecular formula is C10H11ClN4O. The summed E-state index contributed by atoms with van der Waals surface area (Å²) in [6.45, 7) is -0.112. The fourth-order valence-corrected chi connectivity index (χ4v) is 1.65.